The van der Waals surface area contributed by atoms with Crippen molar-refractivity contribution in [2.24, 2.45) is 0 Å². The van der Waals surface area contributed by atoms with Gasteiger partial charge in [0, 0.05) is 18.7 Å². The Bertz CT molecular complexity index is 783. The summed E-state index contributed by atoms with van der Waals surface area (Å²) in [6, 6.07) is 10.7. The van der Waals surface area contributed by atoms with Crippen LogP contribution < -0.4 is 4.74 Å². The van der Waals surface area contributed by atoms with Crippen LogP contribution in [0.3, 0.4) is 0 Å². The fourth-order valence-corrected chi connectivity index (χ4v) is 2.94. The Balaban J connectivity index is 1.70. The highest BCUT2D eigenvalue weighted by molar-refractivity contribution is 5.93. The summed E-state index contributed by atoms with van der Waals surface area (Å²) in [7, 11) is 0. The van der Waals surface area contributed by atoms with E-state index in [0.29, 0.717) is 30.0 Å². The number of benzene rings is 1. The number of hydrogen-bond acceptors (Lipinski definition) is 5. The molecule has 2 aromatic rings. The highest BCUT2D eigenvalue weighted by Gasteiger charge is 2.29. The molecule has 2 heterocycles. The SMILES string of the molecule is CC1CN(C(=O)c2occc2COc2cccc(C#N)c2)CC(C)O1. The van der Waals surface area contributed by atoms with E-state index in [0.717, 1.165) is 0 Å². The van der Waals surface area contributed by atoms with Gasteiger partial charge in [0.25, 0.3) is 5.91 Å². The maximum absolute atomic E-state index is 12.8. The maximum atomic E-state index is 12.8. The van der Waals surface area contributed by atoms with Gasteiger partial charge in [0.15, 0.2) is 5.76 Å². The first kappa shape index (κ1) is 17.1. The van der Waals surface area contributed by atoms with Crippen molar-refractivity contribution in [3.05, 3.63) is 53.5 Å². The standard InChI is InChI=1S/C19H20N2O4/c1-13-10-21(11-14(2)25-13)19(22)18-16(6-7-23-18)12-24-17-5-3-4-15(8-17)9-20/h3-8,13-14H,10-12H2,1-2H3. The zero-order valence-electron chi connectivity index (χ0n) is 14.3. The Morgan fingerprint density at radius 2 is 2.08 bits per heavy atom. The molecular weight excluding hydrogens is 320 g/mol. The van der Waals surface area contributed by atoms with Crippen LogP contribution in [0.25, 0.3) is 0 Å². The first-order chi connectivity index (χ1) is 12.1. The van der Waals surface area contributed by atoms with Crippen molar-refractivity contribution >= 4 is 5.91 Å². The van der Waals surface area contributed by atoms with Crippen LogP contribution in [0.4, 0.5) is 0 Å². The Morgan fingerprint density at radius 1 is 1.32 bits per heavy atom. The van der Waals surface area contributed by atoms with Gasteiger partial charge in [0.05, 0.1) is 30.1 Å². The van der Waals surface area contributed by atoms with Gasteiger partial charge in [-0.3, -0.25) is 4.79 Å². The Hall–Kier alpha value is -2.78. The molecule has 1 amide bonds. The highest BCUT2D eigenvalue weighted by Crippen LogP contribution is 2.20. The van der Waals surface area contributed by atoms with Crippen LogP contribution in [0.15, 0.2) is 41.0 Å². The van der Waals surface area contributed by atoms with Crippen molar-refractivity contribution in [3.8, 4) is 11.8 Å². The third-order valence-corrected chi connectivity index (χ3v) is 4.01. The number of carbonyl (C=O) groups excluding carboxylic acids is 1. The average Bonchev–Trinajstić information content (AvgIpc) is 3.07. The summed E-state index contributed by atoms with van der Waals surface area (Å²) in [6.45, 7) is 5.17. The van der Waals surface area contributed by atoms with E-state index in [1.54, 1.807) is 35.2 Å². The summed E-state index contributed by atoms with van der Waals surface area (Å²) in [5.74, 6) is 0.710. The molecule has 1 fully saturated rings. The molecule has 0 saturated carbocycles. The number of morpholine rings is 1. The molecule has 130 valence electrons. The summed E-state index contributed by atoms with van der Waals surface area (Å²) in [6.07, 6.45) is 1.48. The predicted octanol–water partition coefficient (Wildman–Crippen LogP) is 2.98. The minimum absolute atomic E-state index is 0.00363. The predicted molar refractivity (Wildman–Crippen MR) is 90.1 cm³/mol. The fourth-order valence-electron chi connectivity index (χ4n) is 2.94. The molecule has 6 nitrogen and oxygen atoms in total. The molecule has 0 N–H and O–H groups in total. The van der Waals surface area contributed by atoms with Crippen LogP contribution in [0.1, 0.15) is 35.5 Å². The number of amides is 1. The molecule has 2 unspecified atom stereocenters. The van der Waals surface area contributed by atoms with Gasteiger partial charge in [-0.1, -0.05) is 6.07 Å². The zero-order chi connectivity index (χ0) is 17.8. The van der Waals surface area contributed by atoms with Gasteiger partial charge >= 0.3 is 0 Å². The fraction of sp³-hybridized carbons (Fsp3) is 0.368. The molecule has 1 aromatic heterocycles. The average molecular weight is 340 g/mol. The van der Waals surface area contributed by atoms with Gasteiger partial charge in [-0.15, -0.1) is 0 Å². The lowest BCUT2D eigenvalue weighted by Gasteiger charge is -2.34. The van der Waals surface area contributed by atoms with E-state index >= 15 is 0 Å². The number of furan rings is 1. The monoisotopic (exact) mass is 340 g/mol. The lowest BCUT2D eigenvalue weighted by Crippen LogP contribution is -2.48. The Kier molecular flexibility index (Phi) is 5.05. The van der Waals surface area contributed by atoms with Gasteiger partial charge in [-0.05, 0) is 38.1 Å². The minimum atomic E-state index is -0.156. The van der Waals surface area contributed by atoms with Crippen molar-refractivity contribution in [1.82, 2.24) is 4.90 Å². The van der Waals surface area contributed by atoms with Crippen LogP contribution in [-0.4, -0.2) is 36.1 Å². The van der Waals surface area contributed by atoms with E-state index in [2.05, 4.69) is 6.07 Å². The number of carbonyl (C=O) groups is 1. The number of hydrogen-bond donors (Lipinski definition) is 0. The Morgan fingerprint density at radius 3 is 2.80 bits per heavy atom. The van der Waals surface area contributed by atoms with E-state index in [1.165, 1.54) is 6.26 Å². The molecule has 6 heteroatoms. The van der Waals surface area contributed by atoms with Gasteiger partial charge in [0.1, 0.15) is 12.4 Å². The van der Waals surface area contributed by atoms with Crippen LogP contribution in [-0.2, 0) is 11.3 Å². The van der Waals surface area contributed by atoms with Crippen molar-refractivity contribution in [2.75, 3.05) is 13.1 Å². The van der Waals surface area contributed by atoms with E-state index in [1.807, 2.05) is 13.8 Å². The normalized spacial score (nSPS) is 20.1. The smallest absolute Gasteiger partial charge is 0.290 e. The number of rotatable bonds is 4. The molecule has 1 aliphatic rings. The summed E-state index contributed by atoms with van der Waals surface area (Å²) in [4.78, 5) is 14.5. The van der Waals surface area contributed by atoms with Crippen LogP contribution in [0.5, 0.6) is 5.75 Å². The summed E-state index contributed by atoms with van der Waals surface area (Å²) >= 11 is 0. The molecule has 2 atom stereocenters. The largest absolute Gasteiger partial charge is 0.489 e. The topological polar surface area (TPSA) is 75.7 Å². The van der Waals surface area contributed by atoms with Gasteiger partial charge in [0.2, 0.25) is 0 Å². The van der Waals surface area contributed by atoms with Crippen molar-refractivity contribution in [3.63, 3.8) is 0 Å². The first-order valence-electron chi connectivity index (χ1n) is 8.21. The lowest BCUT2D eigenvalue weighted by molar-refractivity contribution is -0.0592. The second-order valence-electron chi connectivity index (χ2n) is 6.17. The van der Waals surface area contributed by atoms with E-state index in [-0.39, 0.29) is 30.5 Å². The van der Waals surface area contributed by atoms with Crippen LogP contribution in [0, 0.1) is 11.3 Å². The third kappa shape index (κ3) is 4.01. The molecule has 0 radical (unpaired) electrons. The first-order valence-corrected chi connectivity index (χ1v) is 8.21. The molecule has 0 spiro atoms. The van der Waals surface area contributed by atoms with E-state index in [9.17, 15) is 4.79 Å². The quantitative estimate of drug-likeness (QED) is 0.855. The molecule has 1 aliphatic heterocycles. The molecular formula is C19H20N2O4. The number of nitriles is 1. The Labute approximate surface area is 146 Å². The molecule has 0 aliphatic carbocycles. The van der Waals surface area contributed by atoms with Crippen molar-refractivity contribution in [1.29, 1.82) is 5.26 Å². The van der Waals surface area contributed by atoms with Crippen LogP contribution >= 0.6 is 0 Å². The van der Waals surface area contributed by atoms with Crippen LogP contribution in [0.2, 0.25) is 0 Å². The second-order valence-corrected chi connectivity index (χ2v) is 6.17. The van der Waals surface area contributed by atoms with Crippen molar-refractivity contribution in [2.45, 2.75) is 32.7 Å². The molecule has 3 rings (SSSR count). The molecule has 25 heavy (non-hydrogen) atoms. The van der Waals surface area contributed by atoms with Gasteiger partial charge in [-0.25, -0.2) is 0 Å². The number of nitrogens with zero attached hydrogens (tertiary/aromatic N) is 2. The van der Waals surface area contributed by atoms with E-state index < -0.39 is 0 Å². The lowest BCUT2D eigenvalue weighted by atomic mass is 10.2. The molecule has 1 aromatic carbocycles. The van der Waals surface area contributed by atoms with Gasteiger partial charge in [-0.2, -0.15) is 5.26 Å². The third-order valence-electron chi connectivity index (χ3n) is 4.01. The summed E-state index contributed by atoms with van der Waals surface area (Å²) in [5, 5.41) is 8.94. The summed E-state index contributed by atoms with van der Waals surface area (Å²) < 4.78 is 16.8. The minimum Gasteiger partial charge on any atom is -0.489 e. The highest BCUT2D eigenvalue weighted by atomic mass is 16.5. The molecule has 0 bridgehead atoms. The number of ether oxygens (including phenoxy) is 2. The van der Waals surface area contributed by atoms with Gasteiger partial charge < -0.3 is 18.8 Å². The van der Waals surface area contributed by atoms with Crippen molar-refractivity contribution < 1.29 is 18.7 Å². The summed E-state index contributed by atoms with van der Waals surface area (Å²) in [5.41, 5.74) is 1.21. The zero-order valence-corrected chi connectivity index (χ0v) is 14.3. The second kappa shape index (κ2) is 7.41. The van der Waals surface area contributed by atoms with E-state index in [4.69, 9.17) is 19.2 Å². The molecule has 1 saturated heterocycles. The maximum Gasteiger partial charge on any atom is 0.290 e.